The van der Waals surface area contributed by atoms with Crippen LogP contribution in [-0.2, 0) is 0 Å². The minimum absolute atomic E-state index is 0.143. The van der Waals surface area contributed by atoms with Crippen LogP contribution < -0.4 is 10.1 Å². The van der Waals surface area contributed by atoms with Gasteiger partial charge in [-0.3, -0.25) is 4.79 Å². The zero-order chi connectivity index (χ0) is 15.2. The Labute approximate surface area is 122 Å². The summed E-state index contributed by atoms with van der Waals surface area (Å²) >= 11 is 0. The van der Waals surface area contributed by atoms with Gasteiger partial charge >= 0.3 is 5.97 Å². The van der Waals surface area contributed by atoms with E-state index in [1.165, 1.54) is 24.3 Å². The predicted octanol–water partition coefficient (Wildman–Crippen LogP) is 3.04. The van der Waals surface area contributed by atoms with Crippen LogP contribution in [0.5, 0.6) is 5.75 Å². The van der Waals surface area contributed by atoms with Crippen molar-refractivity contribution in [1.29, 1.82) is 0 Å². The fourth-order valence-corrected chi connectivity index (χ4v) is 1.80. The number of ether oxygens (including phenoxy) is 1. The summed E-state index contributed by atoms with van der Waals surface area (Å²) < 4.78 is 5.36. The number of carbonyl (C=O) groups excluding carboxylic acids is 1. The van der Waals surface area contributed by atoms with Crippen LogP contribution in [0, 0.1) is 0 Å². The van der Waals surface area contributed by atoms with Gasteiger partial charge in [0.25, 0.3) is 5.91 Å². The van der Waals surface area contributed by atoms with Crippen molar-refractivity contribution < 1.29 is 19.4 Å². The highest BCUT2D eigenvalue weighted by Gasteiger charge is 2.08. The number of amides is 1. The van der Waals surface area contributed by atoms with Gasteiger partial charge in [0.05, 0.1) is 12.2 Å². The number of aromatic carboxylic acids is 1. The lowest BCUT2D eigenvalue weighted by Gasteiger charge is -2.08. The van der Waals surface area contributed by atoms with Gasteiger partial charge < -0.3 is 15.2 Å². The van der Waals surface area contributed by atoms with Crippen LogP contribution in [0.3, 0.4) is 0 Å². The first-order valence-electron chi connectivity index (χ1n) is 6.47. The first-order valence-corrected chi connectivity index (χ1v) is 6.47. The summed E-state index contributed by atoms with van der Waals surface area (Å²) in [6.45, 7) is 2.43. The fourth-order valence-electron chi connectivity index (χ4n) is 1.80. The molecule has 2 aromatic rings. The number of rotatable bonds is 5. The maximum Gasteiger partial charge on any atom is 0.335 e. The van der Waals surface area contributed by atoms with Crippen LogP contribution in [0.25, 0.3) is 0 Å². The van der Waals surface area contributed by atoms with E-state index in [1.54, 1.807) is 24.3 Å². The molecule has 0 unspecified atom stereocenters. The maximum absolute atomic E-state index is 12.1. The molecule has 0 radical (unpaired) electrons. The molecule has 0 bridgehead atoms. The minimum Gasteiger partial charge on any atom is -0.494 e. The topological polar surface area (TPSA) is 75.6 Å². The first-order chi connectivity index (χ1) is 10.1. The molecule has 2 rings (SSSR count). The monoisotopic (exact) mass is 285 g/mol. The van der Waals surface area contributed by atoms with E-state index in [0.29, 0.717) is 23.6 Å². The lowest BCUT2D eigenvalue weighted by Crippen LogP contribution is -2.12. The Morgan fingerprint density at radius 2 is 1.76 bits per heavy atom. The Morgan fingerprint density at radius 1 is 1.10 bits per heavy atom. The van der Waals surface area contributed by atoms with Crippen LogP contribution in [0.1, 0.15) is 27.6 Å². The first kappa shape index (κ1) is 14.6. The Morgan fingerprint density at radius 3 is 2.38 bits per heavy atom. The summed E-state index contributed by atoms with van der Waals surface area (Å²) in [7, 11) is 0. The lowest BCUT2D eigenvalue weighted by molar-refractivity contribution is 0.0696. The second-order valence-electron chi connectivity index (χ2n) is 4.30. The summed E-state index contributed by atoms with van der Waals surface area (Å²) in [6.07, 6.45) is 0. The van der Waals surface area contributed by atoms with Crippen molar-refractivity contribution in [2.45, 2.75) is 6.92 Å². The Balaban J connectivity index is 2.10. The highest BCUT2D eigenvalue weighted by atomic mass is 16.5. The van der Waals surface area contributed by atoms with Crippen LogP contribution in [-0.4, -0.2) is 23.6 Å². The Hall–Kier alpha value is -2.82. The van der Waals surface area contributed by atoms with Crippen molar-refractivity contribution in [3.8, 4) is 5.75 Å². The number of hydrogen-bond donors (Lipinski definition) is 2. The van der Waals surface area contributed by atoms with E-state index in [4.69, 9.17) is 9.84 Å². The van der Waals surface area contributed by atoms with Crippen LogP contribution in [0.4, 0.5) is 5.69 Å². The van der Waals surface area contributed by atoms with Crippen LogP contribution in [0.15, 0.2) is 48.5 Å². The average Bonchev–Trinajstić information content (AvgIpc) is 2.48. The number of benzene rings is 2. The van der Waals surface area contributed by atoms with Crippen LogP contribution >= 0.6 is 0 Å². The van der Waals surface area contributed by atoms with Gasteiger partial charge in [-0.25, -0.2) is 4.79 Å². The third-order valence-corrected chi connectivity index (χ3v) is 2.80. The van der Waals surface area contributed by atoms with Crippen molar-refractivity contribution >= 4 is 17.6 Å². The number of carboxylic acids is 1. The minimum atomic E-state index is -1.02. The molecule has 108 valence electrons. The average molecular weight is 285 g/mol. The molecule has 0 saturated carbocycles. The molecule has 0 atom stereocenters. The van der Waals surface area contributed by atoms with Crippen molar-refractivity contribution in [2.24, 2.45) is 0 Å². The molecular formula is C16H15NO4. The van der Waals surface area contributed by atoms with Gasteiger partial charge in [0.15, 0.2) is 0 Å². The molecule has 1 amide bonds. The third kappa shape index (κ3) is 3.82. The van der Waals surface area contributed by atoms with E-state index < -0.39 is 5.97 Å². The molecule has 5 nitrogen and oxygen atoms in total. The number of carboxylic acid groups (broad SMARTS) is 1. The molecule has 0 heterocycles. The summed E-state index contributed by atoms with van der Waals surface area (Å²) in [5.41, 5.74) is 1.15. The Kier molecular flexibility index (Phi) is 4.56. The SMILES string of the molecule is CCOc1cccc(NC(=O)c2ccc(C(=O)O)cc2)c1. The normalized spacial score (nSPS) is 9.95. The molecule has 2 aromatic carbocycles. The highest BCUT2D eigenvalue weighted by molar-refractivity contribution is 6.04. The maximum atomic E-state index is 12.1. The molecule has 0 aliphatic heterocycles. The summed E-state index contributed by atoms with van der Waals surface area (Å²) in [5, 5.41) is 11.6. The van der Waals surface area contributed by atoms with Gasteiger partial charge in [-0.15, -0.1) is 0 Å². The van der Waals surface area contributed by atoms with Crippen molar-refractivity contribution in [3.63, 3.8) is 0 Å². The summed E-state index contributed by atoms with van der Waals surface area (Å²) in [4.78, 5) is 22.8. The van der Waals surface area contributed by atoms with E-state index in [-0.39, 0.29) is 11.5 Å². The lowest BCUT2D eigenvalue weighted by atomic mass is 10.1. The van der Waals surface area contributed by atoms with E-state index in [1.807, 2.05) is 6.92 Å². The predicted molar refractivity (Wildman–Crippen MR) is 79.0 cm³/mol. The third-order valence-electron chi connectivity index (χ3n) is 2.80. The standard InChI is InChI=1S/C16H15NO4/c1-2-21-14-5-3-4-13(10-14)17-15(18)11-6-8-12(9-7-11)16(19)20/h3-10H,2H2,1H3,(H,17,18)(H,19,20). The second kappa shape index (κ2) is 6.56. The van der Waals surface area contributed by atoms with Crippen molar-refractivity contribution in [2.75, 3.05) is 11.9 Å². The van der Waals surface area contributed by atoms with Gasteiger partial charge in [-0.2, -0.15) is 0 Å². The highest BCUT2D eigenvalue weighted by Crippen LogP contribution is 2.18. The van der Waals surface area contributed by atoms with E-state index >= 15 is 0 Å². The quantitative estimate of drug-likeness (QED) is 0.885. The number of anilines is 1. The molecule has 0 fully saturated rings. The van der Waals surface area contributed by atoms with Gasteiger partial charge in [0, 0.05) is 17.3 Å². The summed E-state index contributed by atoms with van der Waals surface area (Å²) in [6, 6.07) is 12.8. The van der Waals surface area contributed by atoms with Gasteiger partial charge in [0.1, 0.15) is 5.75 Å². The molecule has 21 heavy (non-hydrogen) atoms. The molecule has 5 heteroatoms. The Bertz CT molecular complexity index is 650. The van der Waals surface area contributed by atoms with Gasteiger partial charge in [0.2, 0.25) is 0 Å². The zero-order valence-corrected chi connectivity index (χ0v) is 11.5. The van der Waals surface area contributed by atoms with Gasteiger partial charge in [-0.1, -0.05) is 6.07 Å². The number of hydrogen-bond acceptors (Lipinski definition) is 3. The molecule has 0 saturated heterocycles. The van der Waals surface area contributed by atoms with Crippen molar-refractivity contribution in [1.82, 2.24) is 0 Å². The number of nitrogens with one attached hydrogen (secondary N) is 1. The summed E-state index contributed by atoms with van der Waals surface area (Å²) in [5.74, 6) is -0.650. The van der Waals surface area contributed by atoms with Crippen molar-refractivity contribution in [3.05, 3.63) is 59.7 Å². The molecule has 0 aliphatic rings. The van der Waals surface area contributed by atoms with E-state index in [2.05, 4.69) is 5.32 Å². The zero-order valence-electron chi connectivity index (χ0n) is 11.5. The molecule has 0 spiro atoms. The second-order valence-corrected chi connectivity index (χ2v) is 4.30. The van der Waals surface area contributed by atoms with E-state index in [0.717, 1.165) is 0 Å². The van der Waals surface area contributed by atoms with Gasteiger partial charge in [-0.05, 0) is 43.3 Å². The molecule has 0 aromatic heterocycles. The number of carbonyl (C=O) groups is 2. The van der Waals surface area contributed by atoms with E-state index in [9.17, 15) is 9.59 Å². The van der Waals surface area contributed by atoms with Crippen LogP contribution in [0.2, 0.25) is 0 Å². The largest absolute Gasteiger partial charge is 0.494 e. The molecule has 0 aliphatic carbocycles. The molecular weight excluding hydrogens is 270 g/mol. The smallest absolute Gasteiger partial charge is 0.335 e. The molecule has 2 N–H and O–H groups in total. The fraction of sp³-hybridized carbons (Fsp3) is 0.125.